The highest BCUT2D eigenvalue weighted by atomic mass is 35.5. The van der Waals surface area contributed by atoms with E-state index in [4.69, 9.17) is 11.6 Å². The zero-order valence-corrected chi connectivity index (χ0v) is 7.11. The largest absolute Gasteiger partial charge is 0.127 e. The standard InChI is InChI=1S/C9H15Cl/c1-3-5-9(6-4-2)7-8-10/h3-4,9H,1-2,5-8H2. The Bertz CT molecular complexity index is 86.9. The van der Waals surface area contributed by atoms with Gasteiger partial charge in [-0.05, 0) is 25.2 Å². The first kappa shape index (κ1) is 9.77. The molecule has 0 rings (SSSR count). The van der Waals surface area contributed by atoms with Crippen LogP contribution in [-0.2, 0) is 0 Å². The van der Waals surface area contributed by atoms with Crippen LogP contribution in [0, 0.1) is 5.92 Å². The van der Waals surface area contributed by atoms with E-state index in [2.05, 4.69) is 13.2 Å². The topological polar surface area (TPSA) is 0 Å². The van der Waals surface area contributed by atoms with Gasteiger partial charge in [0.2, 0.25) is 0 Å². The Morgan fingerprint density at radius 1 is 1.20 bits per heavy atom. The summed E-state index contributed by atoms with van der Waals surface area (Å²) in [5.74, 6) is 1.40. The highest BCUT2D eigenvalue weighted by Crippen LogP contribution is 2.14. The van der Waals surface area contributed by atoms with Crippen LogP contribution in [0.15, 0.2) is 25.3 Å². The van der Waals surface area contributed by atoms with Crippen LogP contribution in [-0.4, -0.2) is 5.88 Å². The smallest absolute Gasteiger partial charge is 0.0226 e. The Hall–Kier alpha value is -0.230. The minimum atomic E-state index is 0.660. The van der Waals surface area contributed by atoms with Crippen molar-refractivity contribution in [2.75, 3.05) is 5.88 Å². The minimum absolute atomic E-state index is 0.660. The van der Waals surface area contributed by atoms with Gasteiger partial charge in [-0.25, -0.2) is 0 Å². The van der Waals surface area contributed by atoms with Crippen LogP contribution in [0.25, 0.3) is 0 Å². The van der Waals surface area contributed by atoms with Crippen LogP contribution in [0.4, 0.5) is 0 Å². The second-order valence-electron chi connectivity index (χ2n) is 2.39. The maximum atomic E-state index is 5.60. The quantitative estimate of drug-likeness (QED) is 0.411. The van der Waals surface area contributed by atoms with E-state index in [0.717, 1.165) is 25.1 Å². The molecule has 10 heavy (non-hydrogen) atoms. The van der Waals surface area contributed by atoms with Crippen molar-refractivity contribution in [1.29, 1.82) is 0 Å². The van der Waals surface area contributed by atoms with Crippen molar-refractivity contribution in [3.8, 4) is 0 Å². The molecule has 0 aliphatic rings. The number of alkyl halides is 1. The second kappa shape index (κ2) is 6.88. The molecular weight excluding hydrogens is 144 g/mol. The van der Waals surface area contributed by atoms with Gasteiger partial charge in [0.15, 0.2) is 0 Å². The van der Waals surface area contributed by atoms with Crippen molar-refractivity contribution in [3.63, 3.8) is 0 Å². The van der Waals surface area contributed by atoms with Gasteiger partial charge in [0.1, 0.15) is 0 Å². The molecule has 0 aromatic heterocycles. The molecule has 58 valence electrons. The minimum Gasteiger partial charge on any atom is -0.127 e. The van der Waals surface area contributed by atoms with E-state index in [0.29, 0.717) is 5.92 Å². The first-order valence-electron chi connectivity index (χ1n) is 3.62. The zero-order chi connectivity index (χ0) is 7.82. The fourth-order valence-electron chi connectivity index (χ4n) is 0.958. The lowest BCUT2D eigenvalue weighted by atomic mass is 9.99. The summed E-state index contributed by atoms with van der Waals surface area (Å²) in [5.41, 5.74) is 0. The lowest BCUT2D eigenvalue weighted by Gasteiger charge is -2.09. The van der Waals surface area contributed by atoms with Crippen molar-refractivity contribution in [2.45, 2.75) is 19.3 Å². The Morgan fingerprint density at radius 3 is 2.00 bits per heavy atom. The number of rotatable bonds is 6. The highest BCUT2D eigenvalue weighted by molar-refractivity contribution is 6.17. The van der Waals surface area contributed by atoms with Gasteiger partial charge in [-0.15, -0.1) is 24.8 Å². The summed E-state index contributed by atoms with van der Waals surface area (Å²) in [7, 11) is 0. The summed E-state index contributed by atoms with van der Waals surface area (Å²) < 4.78 is 0. The summed E-state index contributed by atoms with van der Waals surface area (Å²) in [5, 5.41) is 0. The average molecular weight is 159 g/mol. The predicted molar refractivity (Wildman–Crippen MR) is 48.5 cm³/mol. The monoisotopic (exact) mass is 158 g/mol. The molecule has 0 aliphatic heterocycles. The summed E-state index contributed by atoms with van der Waals surface area (Å²) in [6.45, 7) is 7.38. The van der Waals surface area contributed by atoms with E-state index in [-0.39, 0.29) is 0 Å². The van der Waals surface area contributed by atoms with E-state index in [1.165, 1.54) is 0 Å². The summed E-state index contributed by atoms with van der Waals surface area (Å²) in [4.78, 5) is 0. The van der Waals surface area contributed by atoms with Gasteiger partial charge in [0.05, 0.1) is 0 Å². The molecule has 0 N–H and O–H groups in total. The lowest BCUT2D eigenvalue weighted by Crippen LogP contribution is -1.97. The lowest BCUT2D eigenvalue weighted by molar-refractivity contribution is 0.528. The van der Waals surface area contributed by atoms with Gasteiger partial charge in [0.25, 0.3) is 0 Å². The predicted octanol–water partition coefficient (Wildman–Crippen LogP) is 3.38. The molecule has 0 aliphatic carbocycles. The van der Waals surface area contributed by atoms with Crippen molar-refractivity contribution >= 4 is 11.6 Å². The van der Waals surface area contributed by atoms with E-state index >= 15 is 0 Å². The molecule has 0 spiro atoms. The molecule has 1 heteroatoms. The molecule has 0 bridgehead atoms. The fraction of sp³-hybridized carbons (Fsp3) is 0.556. The molecule has 0 atom stereocenters. The van der Waals surface area contributed by atoms with E-state index in [9.17, 15) is 0 Å². The molecule has 0 radical (unpaired) electrons. The van der Waals surface area contributed by atoms with Crippen LogP contribution in [0.3, 0.4) is 0 Å². The van der Waals surface area contributed by atoms with Crippen LogP contribution in [0.1, 0.15) is 19.3 Å². The van der Waals surface area contributed by atoms with Gasteiger partial charge in [0, 0.05) is 5.88 Å². The maximum absolute atomic E-state index is 5.60. The van der Waals surface area contributed by atoms with Gasteiger partial charge < -0.3 is 0 Å². The van der Waals surface area contributed by atoms with Crippen molar-refractivity contribution < 1.29 is 0 Å². The second-order valence-corrected chi connectivity index (χ2v) is 2.77. The van der Waals surface area contributed by atoms with E-state index < -0.39 is 0 Å². The molecule has 0 amide bonds. The summed E-state index contributed by atoms with van der Waals surface area (Å²) >= 11 is 5.60. The molecular formula is C9H15Cl. The van der Waals surface area contributed by atoms with Crippen LogP contribution in [0.5, 0.6) is 0 Å². The highest BCUT2D eigenvalue weighted by Gasteiger charge is 2.02. The molecule has 0 aromatic carbocycles. The van der Waals surface area contributed by atoms with Gasteiger partial charge in [-0.1, -0.05) is 12.2 Å². The molecule has 0 saturated carbocycles. The molecule has 0 fully saturated rings. The third kappa shape index (κ3) is 4.63. The van der Waals surface area contributed by atoms with Crippen LogP contribution < -0.4 is 0 Å². The third-order valence-electron chi connectivity index (χ3n) is 1.52. The number of hydrogen-bond acceptors (Lipinski definition) is 0. The first-order valence-corrected chi connectivity index (χ1v) is 4.16. The van der Waals surface area contributed by atoms with Crippen LogP contribution in [0.2, 0.25) is 0 Å². The number of allylic oxidation sites excluding steroid dienone is 2. The fourth-order valence-corrected chi connectivity index (χ4v) is 1.27. The van der Waals surface area contributed by atoms with E-state index in [1.54, 1.807) is 0 Å². The molecule has 0 unspecified atom stereocenters. The molecule has 0 nitrogen and oxygen atoms in total. The van der Waals surface area contributed by atoms with Gasteiger partial charge in [-0.2, -0.15) is 0 Å². The van der Waals surface area contributed by atoms with E-state index in [1.807, 2.05) is 12.2 Å². The maximum Gasteiger partial charge on any atom is 0.0226 e. The first-order chi connectivity index (χ1) is 4.85. The van der Waals surface area contributed by atoms with Gasteiger partial charge in [-0.3, -0.25) is 0 Å². The zero-order valence-electron chi connectivity index (χ0n) is 6.35. The average Bonchev–Trinajstić information content (AvgIpc) is 1.90. The summed E-state index contributed by atoms with van der Waals surface area (Å²) in [6, 6.07) is 0. The van der Waals surface area contributed by atoms with Crippen molar-refractivity contribution in [3.05, 3.63) is 25.3 Å². The van der Waals surface area contributed by atoms with Crippen LogP contribution >= 0.6 is 11.6 Å². The Morgan fingerprint density at radius 2 is 1.70 bits per heavy atom. The van der Waals surface area contributed by atoms with Crippen molar-refractivity contribution in [1.82, 2.24) is 0 Å². The van der Waals surface area contributed by atoms with Gasteiger partial charge >= 0.3 is 0 Å². The number of halogens is 1. The molecule has 0 heterocycles. The normalized spacial score (nSPS) is 9.80. The van der Waals surface area contributed by atoms with Crippen molar-refractivity contribution in [2.24, 2.45) is 5.92 Å². The SMILES string of the molecule is C=CCC(CC=C)CCCl. The Labute approximate surface area is 68.6 Å². The summed E-state index contributed by atoms with van der Waals surface area (Å²) in [6.07, 6.45) is 7.07. The molecule has 0 saturated heterocycles. The third-order valence-corrected chi connectivity index (χ3v) is 1.74. The number of hydrogen-bond donors (Lipinski definition) is 0. The Kier molecular flexibility index (Phi) is 6.73. The molecule has 0 aromatic rings. The Balaban J connectivity index is 3.48.